The Morgan fingerprint density at radius 2 is 2.15 bits per heavy atom. The number of nitrogens with zero attached hydrogens (tertiary/aromatic N) is 6. The number of amides is 1. The Balaban J connectivity index is 1.75. The van der Waals surface area contributed by atoms with Crippen LogP contribution in [0.3, 0.4) is 0 Å². The van der Waals surface area contributed by atoms with Crippen LogP contribution in [0.15, 0.2) is 33.9 Å². The second kappa shape index (κ2) is 7.24. The average molecular weight is 373 g/mol. The number of rotatable bonds is 5. The molecule has 136 valence electrons. The smallest absolute Gasteiger partial charge is 0.237 e. The van der Waals surface area contributed by atoms with E-state index in [1.54, 1.807) is 16.8 Å². The molecule has 0 saturated carbocycles. The number of tetrazole rings is 1. The molecule has 3 rings (SSSR count). The molecular weight excluding hydrogens is 354 g/mol. The maximum Gasteiger partial charge on any atom is 0.237 e. The van der Waals surface area contributed by atoms with E-state index in [4.69, 9.17) is 4.52 Å². The molecule has 0 aliphatic heterocycles. The molecule has 1 amide bonds. The van der Waals surface area contributed by atoms with Gasteiger partial charge in [0.2, 0.25) is 17.0 Å². The van der Waals surface area contributed by atoms with Crippen molar-refractivity contribution in [3.63, 3.8) is 0 Å². The first kappa shape index (κ1) is 18.1. The standard InChI is InChI=1S/C16H19N7O2S/c1-10(24)17-11-6-5-7-12(8-11)23-15(19-21-22-23)26-9-13-18-14(20-25-13)16(2,3)4/h5-8H,9H2,1-4H3,(H,17,24). The largest absolute Gasteiger partial charge is 0.338 e. The Bertz CT molecular complexity index is 913. The van der Waals surface area contributed by atoms with Gasteiger partial charge >= 0.3 is 0 Å². The highest BCUT2D eigenvalue weighted by Crippen LogP contribution is 2.25. The molecule has 0 aliphatic rings. The van der Waals surface area contributed by atoms with E-state index in [1.165, 1.54) is 18.7 Å². The molecule has 9 nitrogen and oxygen atoms in total. The molecule has 1 aromatic carbocycles. The van der Waals surface area contributed by atoms with Gasteiger partial charge in [-0.25, -0.2) is 0 Å². The minimum atomic E-state index is -0.169. The van der Waals surface area contributed by atoms with Gasteiger partial charge in [-0.05, 0) is 28.6 Å². The molecule has 0 atom stereocenters. The van der Waals surface area contributed by atoms with E-state index in [2.05, 4.69) is 31.0 Å². The van der Waals surface area contributed by atoms with Crippen molar-refractivity contribution in [1.29, 1.82) is 0 Å². The summed E-state index contributed by atoms with van der Waals surface area (Å²) in [6.07, 6.45) is 0. The van der Waals surface area contributed by atoms with Gasteiger partial charge in [0.1, 0.15) is 0 Å². The zero-order valence-electron chi connectivity index (χ0n) is 14.9. The number of hydrogen-bond acceptors (Lipinski definition) is 8. The first-order chi connectivity index (χ1) is 12.3. The highest BCUT2D eigenvalue weighted by molar-refractivity contribution is 7.98. The quantitative estimate of drug-likeness (QED) is 0.679. The highest BCUT2D eigenvalue weighted by atomic mass is 32.2. The van der Waals surface area contributed by atoms with E-state index in [-0.39, 0.29) is 11.3 Å². The number of thioether (sulfide) groups is 1. The first-order valence-corrected chi connectivity index (χ1v) is 8.94. The van der Waals surface area contributed by atoms with E-state index in [1.807, 2.05) is 32.9 Å². The van der Waals surface area contributed by atoms with Gasteiger partial charge in [-0.2, -0.15) is 9.67 Å². The third kappa shape index (κ3) is 4.26. The molecule has 26 heavy (non-hydrogen) atoms. The summed E-state index contributed by atoms with van der Waals surface area (Å²) in [7, 11) is 0. The Kier molecular flexibility index (Phi) is 5.03. The van der Waals surface area contributed by atoms with Crippen molar-refractivity contribution in [3.8, 4) is 5.69 Å². The average Bonchev–Trinajstić information content (AvgIpc) is 3.21. The normalized spacial score (nSPS) is 11.5. The summed E-state index contributed by atoms with van der Waals surface area (Å²) in [5.41, 5.74) is 1.25. The maximum absolute atomic E-state index is 11.2. The van der Waals surface area contributed by atoms with Gasteiger partial charge in [-0.1, -0.05) is 43.8 Å². The van der Waals surface area contributed by atoms with Gasteiger partial charge in [0, 0.05) is 18.0 Å². The third-order valence-electron chi connectivity index (χ3n) is 3.32. The van der Waals surface area contributed by atoms with Crippen LogP contribution in [0.4, 0.5) is 5.69 Å². The fraction of sp³-hybridized carbons (Fsp3) is 0.375. The second-order valence-electron chi connectivity index (χ2n) is 6.66. The number of aromatic nitrogens is 6. The molecule has 0 bridgehead atoms. The number of carbonyl (C=O) groups excluding carboxylic acids is 1. The van der Waals surface area contributed by atoms with Crippen LogP contribution in [0.25, 0.3) is 5.69 Å². The monoisotopic (exact) mass is 373 g/mol. The van der Waals surface area contributed by atoms with Crippen LogP contribution in [0.2, 0.25) is 0 Å². The van der Waals surface area contributed by atoms with Crippen molar-refractivity contribution in [2.75, 3.05) is 5.32 Å². The summed E-state index contributed by atoms with van der Waals surface area (Å²) in [4.78, 5) is 15.6. The number of anilines is 1. The van der Waals surface area contributed by atoms with Crippen molar-refractivity contribution in [1.82, 2.24) is 30.3 Å². The van der Waals surface area contributed by atoms with Crippen molar-refractivity contribution >= 4 is 23.4 Å². The van der Waals surface area contributed by atoms with Crippen molar-refractivity contribution in [3.05, 3.63) is 36.0 Å². The fourth-order valence-electron chi connectivity index (χ4n) is 2.09. The lowest BCUT2D eigenvalue weighted by molar-refractivity contribution is -0.114. The van der Waals surface area contributed by atoms with Crippen LogP contribution >= 0.6 is 11.8 Å². The van der Waals surface area contributed by atoms with Gasteiger partial charge in [0.05, 0.1) is 11.4 Å². The fourth-order valence-corrected chi connectivity index (χ4v) is 2.82. The van der Waals surface area contributed by atoms with Gasteiger partial charge < -0.3 is 9.84 Å². The lowest BCUT2D eigenvalue weighted by Gasteiger charge is -2.10. The van der Waals surface area contributed by atoms with Crippen LogP contribution < -0.4 is 5.32 Å². The molecule has 2 heterocycles. The van der Waals surface area contributed by atoms with Gasteiger partial charge in [0.15, 0.2) is 5.82 Å². The van der Waals surface area contributed by atoms with Crippen LogP contribution in [-0.4, -0.2) is 36.3 Å². The minimum Gasteiger partial charge on any atom is -0.338 e. The first-order valence-electron chi connectivity index (χ1n) is 7.95. The van der Waals surface area contributed by atoms with Crippen LogP contribution in [0, 0.1) is 0 Å². The highest BCUT2D eigenvalue weighted by Gasteiger charge is 2.21. The van der Waals surface area contributed by atoms with Crippen molar-refractivity contribution in [2.45, 2.75) is 44.0 Å². The molecule has 10 heteroatoms. The van der Waals surface area contributed by atoms with E-state index < -0.39 is 0 Å². The molecule has 0 fully saturated rings. The van der Waals surface area contributed by atoms with Crippen molar-refractivity contribution < 1.29 is 9.32 Å². The number of carbonyl (C=O) groups is 1. The summed E-state index contributed by atoms with van der Waals surface area (Å²) in [5, 5.41) is 19.1. The predicted molar refractivity (Wildman–Crippen MR) is 96.0 cm³/mol. The number of nitrogens with one attached hydrogen (secondary N) is 1. The molecule has 3 aromatic rings. The van der Waals surface area contributed by atoms with E-state index >= 15 is 0 Å². The van der Waals surface area contributed by atoms with Crippen molar-refractivity contribution in [2.24, 2.45) is 0 Å². The third-order valence-corrected chi connectivity index (χ3v) is 4.22. The Morgan fingerprint density at radius 1 is 1.35 bits per heavy atom. The van der Waals surface area contributed by atoms with E-state index in [0.717, 1.165) is 5.69 Å². The molecule has 2 aromatic heterocycles. The lowest BCUT2D eigenvalue weighted by Crippen LogP contribution is -2.13. The van der Waals surface area contributed by atoms with Crippen LogP contribution in [0.1, 0.15) is 39.4 Å². The Hall–Kier alpha value is -2.75. The van der Waals surface area contributed by atoms with Crippen LogP contribution in [-0.2, 0) is 16.0 Å². The molecule has 0 saturated heterocycles. The molecule has 0 unspecified atom stereocenters. The number of hydrogen-bond donors (Lipinski definition) is 1. The molecule has 0 spiro atoms. The molecular formula is C16H19N7O2S. The predicted octanol–water partition coefficient (Wildman–Crippen LogP) is 2.59. The summed E-state index contributed by atoms with van der Waals surface area (Å²) < 4.78 is 6.88. The SMILES string of the molecule is CC(=O)Nc1cccc(-n2nnnc2SCc2nc(C(C)(C)C)no2)c1. The maximum atomic E-state index is 11.2. The molecule has 0 radical (unpaired) electrons. The van der Waals surface area contributed by atoms with Gasteiger partial charge in [0.25, 0.3) is 0 Å². The Morgan fingerprint density at radius 3 is 2.85 bits per heavy atom. The Labute approximate surface area is 154 Å². The molecule has 1 N–H and O–H groups in total. The zero-order valence-corrected chi connectivity index (χ0v) is 15.7. The zero-order chi connectivity index (χ0) is 18.7. The van der Waals surface area contributed by atoms with E-state index in [0.29, 0.717) is 28.3 Å². The minimum absolute atomic E-state index is 0.139. The lowest BCUT2D eigenvalue weighted by atomic mass is 9.96. The van der Waals surface area contributed by atoms with Crippen LogP contribution in [0.5, 0.6) is 0 Å². The molecule has 0 aliphatic carbocycles. The van der Waals surface area contributed by atoms with E-state index in [9.17, 15) is 4.79 Å². The summed E-state index contributed by atoms with van der Waals surface area (Å²) in [6, 6.07) is 7.28. The number of benzene rings is 1. The van der Waals surface area contributed by atoms with Gasteiger partial charge in [-0.3, -0.25) is 4.79 Å². The second-order valence-corrected chi connectivity index (χ2v) is 7.60. The summed E-state index contributed by atoms with van der Waals surface area (Å²) in [5.74, 6) is 1.49. The summed E-state index contributed by atoms with van der Waals surface area (Å²) in [6.45, 7) is 7.54. The van der Waals surface area contributed by atoms with Gasteiger partial charge in [-0.15, -0.1) is 5.10 Å². The topological polar surface area (TPSA) is 112 Å². The summed E-state index contributed by atoms with van der Waals surface area (Å²) >= 11 is 1.39.